The molecule has 168 valence electrons. The molecule has 4 aromatic rings. The van der Waals surface area contributed by atoms with Crippen LogP contribution in [0, 0.1) is 5.82 Å². The Hall–Kier alpha value is -2.94. The summed E-state index contributed by atoms with van der Waals surface area (Å²) in [5.41, 5.74) is 8.24. The summed E-state index contributed by atoms with van der Waals surface area (Å²) in [4.78, 5) is 12.1. The van der Waals surface area contributed by atoms with Gasteiger partial charge in [0, 0.05) is 31.4 Å². The SMILES string of the molecule is COc1cc(CN(CCN)c2nc3cccnc3s2)ccc1OCc1ccccc1F.Cl. The summed E-state index contributed by atoms with van der Waals surface area (Å²) in [5, 5.41) is 0.873. The number of anilines is 1. The topological polar surface area (TPSA) is 73.5 Å². The highest BCUT2D eigenvalue weighted by Crippen LogP contribution is 2.32. The van der Waals surface area contributed by atoms with E-state index >= 15 is 0 Å². The number of ether oxygens (including phenoxy) is 2. The number of aromatic nitrogens is 2. The van der Waals surface area contributed by atoms with Gasteiger partial charge in [-0.25, -0.2) is 14.4 Å². The number of halogens is 2. The number of nitrogens with zero attached hydrogens (tertiary/aromatic N) is 3. The molecule has 0 saturated heterocycles. The van der Waals surface area contributed by atoms with Crippen molar-refractivity contribution in [3.05, 3.63) is 77.7 Å². The Labute approximate surface area is 196 Å². The number of methoxy groups -OCH3 is 1. The van der Waals surface area contributed by atoms with Gasteiger partial charge in [0.05, 0.1) is 7.11 Å². The fourth-order valence-corrected chi connectivity index (χ4v) is 4.15. The van der Waals surface area contributed by atoms with Gasteiger partial charge in [0.25, 0.3) is 0 Å². The molecule has 2 aromatic heterocycles. The Morgan fingerprint density at radius 2 is 1.94 bits per heavy atom. The molecule has 2 heterocycles. The molecule has 9 heteroatoms. The van der Waals surface area contributed by atoms with Crippen molar-refractivity contribution in [2.45, 2.75) is 13.2 Å². The molecule has 2 aromatic carbocycles. The Bertz CT molecular complexity index is 1140. The zero-order valence-corrected chi connectivity index (χ0v) is 19.2. The van der Waals surface area contributed by atoms with Gasteiger partial charge in [-0.1, -0.05) is 35.6 Å². The summed E-state index contributed by atoms with van der Waals surface area (Å²) in [7, 11) is 1.59. The molecule has 2 N–H and O–H groups in total. The van der Waals surface area contributed by atoms with Gasteiger partial charge in [0.2, 0.25) is 0 Å². The zero-order chi connectivity index (χ0) is 21.6. The summed E-state index contributed by atoms with van der Waals surface area (Å²) in [6, 6.07) is 16.1. The number of rotatable bonds is 9. The highest BCUT2D eigenvalue weighted by Gasteiger charge is 2.15. The average molecular weight is 475 g/mol. The molecular formula is C23H24ClFN4O2S. The third-order valence-electron chi connectivity index (χ3n) is 4.77. The molecule has 0 atom stereocenters. The van der Waals surface area contributed by atoms with Crippen LogP contribution >= 0.6 is 23.7 Å². The highest BCUT2D eigenvalue weighted by atomic mass is 35.5. The predicted octanol–water partition coefficient (Wildman–Crippen LogP) is 4.81. The van der Waals surface area contributed by atoms with Crippen LogP contribution in [0.3, 0.4) is 0 Å². The molecule has 0 aliphatic heterocycles. The van der Waals surface area contributed by atoms with Crippen LogP contribution in [0.1, 0.15) is 11.1 Å². The molecule has 6 nitrogen and oxygen atoms in total. The van der Waals surface area contributed by atoms with E-state index in [9.17, 15) is 4.39 Å². The highest BCUT2D eigenvalue weighted by molar-refractivity contribution is 7.21. The van der Waals surface area contributed by atoms with Crippen LogP contribution in [0.2, 0.25) is 0 Å². The minimum absolute atomic E-state index is 0. The van der Waals surface area contributed by atoms with Gasteiger partial charge in [-0.05, 0) is 35.9 Å². The number of thiazole rings is 1. The second-order valence-electron chi connectivity index (χ2n) is 6.90. The first-order chi connectivity index (χ1) is 15.2. The smallest absolute Gasteiger partial charge is 0.188 e. The lowest BCUT2D eigenvalue weighted by atomic mass is 10.2. The van der Waals surface area contributed by atoms with Crippen LogP contribution in [0.4, 0.5) is 9.52 Å². The molecule has 0 fully saturated rings. The fraction of sp³-hybridized carbons (Fsp3) is 0.217. The normalized spacial score (nSPS) is 10.6. The van der Waals surface area contributed by atoms with Crippen molar-refractivity contribution < 1.29 is 13.9 Å². The fourth-order valence-electron chi connectivity index (χ4n) is 3.21. The zero-order valence-electron chi connectivity index (χ0n) is 17.5. The molecule has 0 unspecified atom stereocenters. The maximum atomic E-state index is 13.9. The molecule has 0 amide bonds. The van der Waals surface area contributed by atoms with Gasteiger partial charge in [-0.3, -0.25) is 0 Å². The number of pyridine rings is 1. The number of hydrogen-bond donors (Lipinski definition) is 1. The standard InChI is InChI=1S/C23H23FN4O2S.ClH/c1-29-21-13-16(8-9-20(21)30-15-17-5-2-3-6-18(17)24)14-28(12-10-25)23-27-19-7-4-11-26-22(19)31-23;/h2-9,11,13H,10,12,14-15,25H2,1H3;1H. The van der Waals surface area contributed by atoms with Crippen LogP contribution in [0.5, 0.6) is 11.5 Å². The van der Waals surface area contributed by atoms with Crippen molar-refractivity contribution in [2.24, 2.45) is 5.73 Å². The molecule has 0 radical (unpaired) electrons. The van der Waals surface area contributed by atoms with Crippen LogP contribution in [-0.2, 0) is 13.2 Å². The lowest BCUT2D eigenvalue weighted by Gasteiger charge is -2.21. The lowest BCUT2D eigenvalue weighted by molar-refractivity contribution is 0.279. The van der Waals surface area contributed by atoms with E-state index in [1.165, 1.54) is 6.07 Å². The summed E-state index contributed by atoms with van der Waals surface area (Å²) in [5.74, 6) is 0.859. The van der Waals surface area contributed by atoms with Crippen LogP contribution in [0.15, 0.2) is 60.8 Å². The van der Waals surface area contributed by atoms with Gasteiger partial charge in [0.1, 0.15) is 22.8 Å². The third kappa shape index (κ3) is 5.45. The molecule has 32 heavy (non-hydrogen) atoms. The van der Waals surface area contributed by atoms with E-state index in [-0.39, 0.29) is 24.8 Å². The van der Waals surface area contributed by atoms with Gasteiger partial charge in [-0.15, -0.1) is 12.4 Å². The van der Waals surface area contributed by atoms with Gasteiger partial charge in [-0.2, -0.15) is 0 Å². The van der Waals surface area contributed by atoms with Crippen molar-refractivity contribution in [3.63, 3.8) is 0 Å². The van der Waals surface area contributed by atoms with Crippen molar-refractivity contribution in [2.75, 3.05) is 25.1 Å². The Kier molecular flexibility index (Phi) is 8.21. The molecule has 0 saturated carbocycles. The first-order valence-corrected chi connectivity index (χ1v) is 10.7. The maximum absolute atomic E-state index is 13.9. The van der Waals surface area contributed by atoms with Crippen LogP contribution < -0.4 is 20.1 Å². The first kappa shape index (κ1) is 23.7. The summed E-state index contributed by atoms with van der Waals surface area (Å²) in [6.45, 7) is 1.90. The van der Waals surface area contributed by atoms with E-state index in [1.54, 1.807) is 42.8 Å². The predicted molar refractivity (Wildman–Crippen MR) is 128 cm³/mol. The van der Waals surface area contributed by atoms with Crippen molar-refractivity contribution in [3.8, 4) is 11.5 Å². The van der Waals surface area contributed by atoms with E-state index in [4.69, 9.17) is 20.2 Å². The monoisotopic (exact) mass is 474 g/mol. The minimum Gasteiger partial charge on any atom is -0.493 e. The molecule has 4 rings (SSSR count). The Balaban J connectivity index is 0.00000289. The molecule has 0 spiro atoms. The minimum atomic E-state index is -0.291. The van der Waals surface area contributed by atoms with Crippen LogP contribution in [0.25, 0.3) is 10.3 Å². The number of nitrogens with two attached hydrogens (primary N) is 1. The second kappa shape index (κ2) is 11.1. The van der Waals surface area contributed by atoms with Crippen molar-refractivity contribution in [1.29, 1.82) is 0 Å². The molecule has 0 bridgehead atoms. The van der Waals surface area contributed by atoms with Crippen molar-refractivity contribution in [1.82, 2.24) is 9.97 Å². The summed E-state index contributed by atoms with van der Waals surface area (Å²) < 4.78 is 25.2. The molecule has 0 aliphatic rings. The van der Waals surface area contributed by atoms with Gasteiger partial charge < -0.3 is 20.1 Å². The summed E-state index contributed by atoms with van der Waals surface area (Å²) in [6.07, 6.45) is 1.77. The van der Waals surface area contributed by atoms with Gasteiger partial charge >= 0.3 is 0 Å². The van der Waals surface area contributed by atoms with E-state index in [0.717, 1.165) is 21.0 Å². The Morgan fingerprint density at radius 3 is 2.69 bits per heavy atom. The van der Waals surface area contributed by atoms with Crippen molar-refractivity contribution >= 4 is 39.2 Å². The van der Waals surface area contributed by atoms with E-state index in [0.29, 0.717) is 36.7 Å². The van der Waals surface area contributed by atoms with E-state index in [2.05, 4.69) is 9.88 Å². The third-order valence-corrected chi connectivity index (χ3v) is 5.81. The lowest BCUT2D eigenvalue weighted by Crippen LogP contribution is -2.28. The number of hydrogen-bond acceptors (Lipinski definition) is 7. The average Bonchev–Trinajstić information content (AvgIpc) is 3.23. The molecular weight excluding hydrogens is 451 g/mol. The molecule has 0 aliphatic carbocycles. The van der Waals surface area contributed by atoms with E-state index in [1.807, 2.05) is 30.3 Å². The number of benzene rings is 2. The summed E-state index contributed by atoms with van der Waals surface area (Å²) >= 11 is 1.54. The largest absolute Gasteiger partial charge is 0.493 e. The quantitative estimate of drug-likeness (QED) is 0.375. The number of fused-ring (bicyclic) bond motifs is 1. The first-order valence-electron chi connectivity index (χ1n) is 9.87. The maximum Gasteiger partial charge on any atom is 0.188 e. The Morgan fingerprint density at radius 1 is 1.09 bits per heavy atom. The van der Waals surface area contributed by atoms with Gasteiger partial charge in [0.15, 0.2) is 16.6 Å². The van der Waals surface area contributed by atoms with E-state index < -0.39 is 0 Å². The van der Waals surface area contributed by atoms with Crippen LogP contribution in [-0.4, -0.2) is 30.2 Å². The second-order valence-corrected chi connectivity index (χ2v) is 7.86.